The number of anilines is 2. The summed E-state index contributed by atoms with van der Waals surface area (Å²) < 4.78 is 0. The van der Waals surface area contributed by atoms with E-state index in [9.17, 15) is 4.79 Å². The number of fused-ring (bicyclic) bond motifs is 1. The highest BCUT2D eigenvalue weighted by Crippen LogP contribution is 2.25. The van der Waals surface area contributed by atoms with E-state index in [-0.39, 0.29) is 11.6 Å². The second-order valence-electron chi connectivity index (χ2n) is 4.62. The van der Waals surface area contributed by atoms with Gasteiger partial charge in [-0.3, -0.25) is 4.79 Å². The third-order valence-corrected chi connectivity index (χ3v) is 3.26. The maximum atomic E-state index is 12.0. The zero-order chi connectivity index (χ0) is 13.2. The molecule has 0 atom stereocenters. The van der Waals surface area contributed by atoms with E-state index >= 15 is 0 Å². The van der Waals surface area contributed by atoms with Gasteiger partial charge in [0, 0.05) is 5.69 Å². The number of hydrogen-bond acceptors (Lipinski definition) is 4. The van der Waals surface area contributed by atoms with Crippen molar-refractivity contribution in [1.29, 1.82) is 0 Å². The number of aryl methyl sites for hydroxylation is 2. The van der Waals surface area contributed by atoms with E-state index in [2.05, 4.69) is 21.4 Å². The van der Waals surface area contributed by atoms with E-state index in [1.807, 2.05) is 12.1 Å². The minimum Gasteiger partial charge on any atom is -0.382 e. The molecular formula is C14H14N4O. The van der Waals surface area contributed by atoms with Crippen LogP contribution in [-0.4, -0.2) is 15.9 Å². The zero-order valence-electron chi connectivity index (χ0n) is 10.4. The van der Waals surface area contributed by atoms with Crippen molar-refractivity contribution in [1.82, 2.24) is 9.97 Å². The predicted molar refractivity (Wildman–Crippen MR) is 72.9 cm³/mol. The summed E-state index contributed by atoms with van der Waals surface area (Å²) in [5, 5.41) is 2.83. The molecule has 5 heteroatoms. The molecule has 0 aliphatic heterocycles. The van der Waals surface area contributed by atoms with E-state index < -0.39 is 0 Å². The van der Waals surface area contributed by atoms with Gasteiger partial charge in [0.05, 0.1) is 12.4 Å². The molecule has 1 amide bonds. The molecule has 0 bridgehead atoms. The number of aromatic nitrogens is 2. The van der Waals surface area contributed by atoms with Gasteiger partial charge >= 0.3 is 0 Å². The smallest absolute Gasteiger partial charge is 0.275 e. The quantitative estimate of drug-likeness (QED) is 0.856. The van der Waals surface area contributed by atoms with Gasteiger partial charge in [-0.2, -0.15) is 0 Å². The van der Waals surface area contributed by atoms with Crippen LogP contribution in [0.15, 0.2) is 30.6 Å². The SMILES string of the molecule is Nc1cnc(C(=O)Nc2ccc3c(c2)CCC3)cn1. The number of benzene rings is 1. The second kappa shape index (κ2) is 4.68. The summed E-state index contributed by atoms with van der Waals surface area (Å²) in [6.07, 6.45) is 6.15. The highest BCUT2D eigenvalue weighted by Gasteiger charge is 2.13. The van der Waals surface area contributed by atoms with E-state index in [0.29, 0.717) is 5.82 Å². The van der Waals surface area contributed by atoms with Crippen LogP contribution in [0.1, 0.15) is 28.0 Å². The normalized spacial score (nSPS) is 13.1. The molecule has 1 aromatic heterocycles. The van der Waals surface area contributed by atoms with Gasteiger partial charge in [0.2, 0.25) is 0 Å². The van der Waals surface area contributed by atoms with Crippen molar-refractivity contribution < 1.29 is 4.79 Å². The molecule has 1 aliphatic carbocycles. The lowest BCUT2D eigenvalue weighted by atomic mass is 10.1. The van der Waals surface area contributed by atoms with Gasteiger partial charge < -0.3 is 11.1 Å². The molecule has 1 aromatic carbocycles. The Balaban J connectivity index is 1.77. The van der Waals surface area contributed by atoms with Gasteiger partial charge in [-0.15, -0.1) is 0 Å². The van der Waals surface area contributed by atoms with E-state index in [1.165, 1.54) is 29.9 Å². The molecule has 2 aromatic rings. The largest absolute Gasteiger partial charge is 0.382 e. The summed E-state index contributed by atoms with van der Waals surface area (Å²) in [6, 6.07) is 6.03. The van der Waals surface area contributed by atoms with Crippen molar-refractivity contribution in [2.45, 2.75) is 19.3 Å². The molecular weight excluding hydrogens is 240 g/mol. The summed E-state index contributed by atoms with van der Waals surface area (Å²) >= 11 is 0. The molecule has 0 unspecified atom stereocenters. The minimum atomic E-state index is -0.273. The topological polar surface area (TPSA) is 80.9 Å². The Morgan fingerprint density at radius 1 is 1.16 bits per heavy atom. The average molecular weight is 254 g/mol. The molecule has 0 spiro atoms. The Kier molecular flexibility index (Phi) is 2.87. The summed E-state index contributed by atoms with van der Waals surface area (Å²) in [7, 11) is 0. The van der Waals surface area contributed by atoms with Gasteiger partial charge in [-0.1, -0.05) is 6.07 Å². The van der Waals surface area contributed by atoms with Crippen molar-refractivity contribution in [3.63, 3.8) is 0 Å². The molecule has 3 N–H and O–H groups in total. The van der Waals surface area contributed by atoms with Crippen LogP contribution < -0.4 is 11.1 Å². The lowest BCUT2D eigenvalue weighted by Crippen LogP contribution is -2.14. The number of carbonyl (C=O) groups is 1. The maximum absolute atomic E-state index is 12.0. The molecule has 0 saturated carbocycles. The predicted octanol–water partition coefficient (Wildman–Crippen LogP) is 1.80. The number of rotatable bonds is 2. The second-order valence-corrected chi connectivity index (χ2v) is 4.62. The van der Waals surface area contributed by atoms with Crippen LogP contribution in [0.5, 0.6) is 0 Å². The van der Waals surface area contributed by atoms with Crippen LogP contribution in [0, 0.1) is 0 Å². The molecule has 1 heterocycles. The first kappa shape index (κ1) is 11.6. The summed E-state index contributed by atoms with van der Waals surface area (Å²) in [6.45, 7) is 0. The third-order valence-electron chi connectivity index (χ3n) is 3.26. The fourth-order valence-electron chi connectivity index (χ4n) is 2.30. The number of amides is 1. The molecule has 5 nitrogen and oxygen atoms in total. The van der Waals surface area contributed by atoms with Gasteiger partial charge in [0.15, 0.2) is 0 Å². The lowest BCUT2D eigenvalue weighted by Gasteiger charge is -2.07. The number of carbonyl (C=O) groups excluding carboxylic acids is 1. The van der Waals surface area contributed by atoms with Crippen molar-refractivity contribution in [2.75, 3.05) is 11.1 Å². The van der Waals surface area contributed by atoms with Crippen molar-refractivity contribution in [3.8, 4) is 0 Å². The Labute approximate surface area is 110 Å². The van der Waals surface area contributed by atoms with E-state index in [0.717, 1.165) is 18.5 Å². The van der Waals surface area contributed by atoms with Crippen LogP contribution in [0.25, 0.3) is 0 Å². The molecule has 1 aliphatic rings. The van der Waals surface area contributed by atoms with Crippen molar-refractivity contribution >= 4 is 17.4 Å². The Morgan fingerprint density at radius 3 is 2.79 bits per heavy atom. The molecule has 19 heavy (non-hydrogen) atoms. The third kappa shape index (κ3) is 2.40. The highest BCUT2D eigenvalue weighted by molar-refractivity contribution is 6.02. The molecule has 0 radical (unpaired) electrons. The van der Waals surface area contributed by atoms with Crippen LogP contribution >= 0.6 is 0 Å². The van der Waals surface area contributed by atoms with Gasteiger partial charge in [0.25, 0.3) is 5.91 Å². The van der Waals surface area contributed by atoms with Crippen LogP contribution in [0.4, 0.5) is 11.5 Å². The molecule has 96 valence electrons. The Morgan fingerprint density at radius 2 is 2.00 bits per heavy atom. The van der Waals surface area contributed by atoms with E-state index in [4.69, 9.17) is 5.73 Å². The number of nitrogens with one attached hydrogen (secondary N) is 1. The fraction of sp³-hybridized carbons (Fsp3) is 0.214. The average Bonchev–Trinajstić information content (AvgIpc) is 2.87. The standard InChI is InChI=1S/C14H14N4O/c15-13-8-16-12(7-17-13)14(19)18-11-5-4-9-2-1-3-10(9)6-11/h4-8H,1-3H2,(H2,15,17)(H,18,19). The molecule has 3 rings (SSSR count). The summed E-state index contributed by atoms with van der Waals surface area (Å²) in [5.41, 5.74) is 9.19. The van der Waals surface area contributed by atoms with Crippen LogP contribution in [0.3, 0.4) is 0 Å². The fourth-order valence-corrected chi connectivity index (χ4v) is 2.30. The number of nitrogens with two attached hydrogens (primary N) is 1. The highest BCUT2D eigenvalue weighted by atomic mass is 16.1. The lowest BCUT2D eigenvalue weighted by molar-refractivity contribution is 0.102. The first-order valence-electron chi connectivity index (χ1n) is 6.23. The van der Waals surface area contributed by atoms with Crippen LogP contribution in [-0.2, 0) is 12.8 Å². The van der Waals surface area contributed by atoms with Crippen LogP contribution in [0.2, 0.25) is 0 Å². The molecule has 0 fully saturated rings. The van der Waals surface area contributed by atoms with Crippen molar-refractivity contribution in [2.24, 2.45) is 0 Å². The summed E-state index contributed by atoms with van der Waals surface area (Å²) in [4.78, 5) is 19.8. The Hall–Kier alpha value is -2.43. The number of hydrogen-bond donors (Lipinski definition) is 2. The number of nitrogen functional groups attached to an aromatic ring is 1. The van der Waals surface area contributed by atoms with Crippen molar-refractivity contribution in [3.05, 3.63) is 47.4 Å². The van der Waals surface area contributed by atoms with Gasteiger partial charge in [-0.25, -0.2) is 9.97 Å². The molecule has 0 saturated heterocycles. The zero-order valence-corrected chi connectivity index (χ0v) is 10.4. The first-order valence-corrected chi connectivity index (χ1v) is 6.23. The Bertz CT molecular complexity index is 622. The number of nitrogens with zero attached hydrogens (tertiary/aromatic N) is 2. The monoisotopic (exact) mass is 254 g/mol. The van der Waals surface area contributed by atoms with E-state index in [1.54, 1.807) is 0 Å². The van der Waals surface area contributed by atoms with Gasteiger partial charge in [0.1, 0.15) is 11.5 Å². The maximum Gasteiger partial charge on any atom is 0.275 e. The summed E-state index contributed by atoms with van der Waals surface area (Å²) in [5.74, 6) is 0.0273. The first-order chi connectivity index (χ1) is 9.22. The minimum absolute atomic E-state index is 0.259. The van der Waals surface area contributed by atoms with Gasteiger partial charge in [-0.05, 0) is 42.5 Å².